The zero-order valence-corrected chi connectivity index (χ0v) is 7.53. The SMILES string of the molecule is Nc1cn(C2CCOC2)c(=O)[nH]c1=O. The summed E-state index contributed by atoms with van der Waals surface area (Å²) in [4.78, 5) is 24.5. The van der Waals surface area contributed by atoms with Gasteiger partial charge in [0.2, 0.25) is 0 Å². The van der Waals surface area contributed by atoms with Gasteiger partial charge in [0.15, 0.2) is 0 Å². The number of nitrogens with zero attached hydrogens (tertiary/aromatic N) is 1. The molecule has 1 aromatic heterocycles. The molecule has 1 atom stereocenters. The third kappa shape index (κ3) is 1.44. The Morgan fingerprint density at radius 3 is 3.00 bits per heavy atom. The van der Waals surface area contributed by atoms with Crippen LogP contribution in [0.15, 0.2) is 15.8 Å². The van der Waals surface area contributed by atoms with Gasteiger partial charge in [-0.1, -0.05) is 0 Å². The zero-order chi connectivity index (χ0) is 10.1. The van der Waals surface area contributed by atoms with Crippen molar-refractivity contribution in [2.24, 2.45) is 0 Å². The van der Waals surface area contributed by atoms with Crippen LogP contribution >= 0.6 is 0 Å². The number of ether oxygens (including phenoxy) is 1. The van der Waals surface area contributed by atoms with Crippen LogP contribution in [0, 0.1) is 0 Å². The van der Waals surface area contributed by atoms with Crippen molar-refractivity contribution in [3.63, 3.8) is 0 Å². The summed E-state index contributed by atoms with van der Waals surface area (Å²) in [6.45, 7) is 1.13. The van der Waals surface area contributed by atoms with E-state index in [2.05, 4.69) is 4.98 Å². The van der Waals surface area contributed by atoms with E-state index in [9.17, 15) is 9.59 Å². The smallest absolute Gasteiger partial charge is 0.328 e. The first-order valence-corrected chi connectivity index (χ1v) is 4.37. The molecule has 1 fully saturated rings. The number of aromatic amines is 1. The number of hydrogen-bond donors (Lipinski definition) is 2. The van der Waals surface area contributed by atoms with Crippen LogP contribution in [0.2, 0.25) is 0 Å². The fourth-order valence-electron chi connectivity index (χ4n) is 1.51. The molecule has 0 saturated carbocycles. The second kappa shape index (κ2) is 3.30. The van der Waals surface area contributed by atoms with Crippen LogP contribution in [0.1, 0.15) is 12.5 Å². The second-order valence-electron chi connectivity index (χ2n) is 3.27. The van der Waals surface area contributed by atoms with Gasteiger partial charge in [-0.15, -0.1) is 0 Å². The Bertz CT molecular complexity index is 442. The van der Waals surface area contributed by atoms with Gasteiger partial charge in [0.25, 0.3) is 5.56 Å². The first kappa shape index (κ1) is 9.01. The van der Waals surface area contributed by atoms with Crippen molar-refractivity contribution in [2.45, 2.75) is 12.5 Å². The van der Waals surface area contributed by atoms with Crippen LogP contribution in [-0.4, -0.2) is 22.8 Å². The van der Waals surface area contributed by atoms with E-state index < -0.39 is 11.2 Å². The highest BCUT2D eigenvalue weighted by Crippen LogP contribution is 2.16. The molecule has 1 aliphatic rings. The van der Waals surface area contributed by atoms with E-state index in [4.69, 9.17) is 10.5 Å². The number of nitrogens with one attached hydrogen (secondary N) is 1. The van der Waals surface area contributed by atoms with E-state index >= 15 is 0 Å². The number of anilines is 1. The maximum absolute atomic E-state index is 11.4. The molecule has 6 nitrogen and oxygen atoms in total. The minimum atomic E-state index is -0.537. The molecule has 3 N–H and O–H groups in total. The zero-order valence-electron chi connectivity index (χ0n) is 7.53. The van der Waals surface area contributed by atoms with Gasteiger partial charge in [-0.05, 0) is 6.42 Å². The van der Waals surface area contributed by atoms with Gasteiger partial charge in [-0.25, -0.2) is 4.79 Å². The standard InChI is InChI=1S/C8H11N3O3/c9-6-3-11(5-1-2-14-4-5)8(13)10-7(6)12/h3,5H,1-2,4,9H2,(H,10,12,13). The summed E-state index contributed by atoms with van der Waals surface area (Å²) < 4.78 is 6.56. The minimum Gasteiger partial charge on any atom is -0.393 e. The summed E-state index contributed by atoms with van der Waals surface area (Å²) in [7, 11) is 0. The monoisotopic (exact) mass is 197 g/mol. The highest BCUT2D eigenvalue weighted by Gasteiger charge is 2.19. The predicted octanol–water partition coefficient (Wildman–Crippen LogP) is -0.920. The summed E-state index contributed by atoms with van der Waals surface area (Å²) in [6, 6.07) is -0.0124. The van der Waals surface area contributed by atoms with Crippen LogP contribution in [0.4, 0.5) is 5.69 Å². The van der Waals surface area contributed by atoms with Crippen LogP contribution < -0.4 is 17.0 Å². The predicted molar refractivity (Wildman–Crippen MR) is 50.2 cm³/mol. The lowest BCUT2D eigenvalue weighted by molar-refractivity contribution is 0.186. The van der Waals surface area contributed by atoms with Gasteiger partial charge in [0.05, 0.1) is 12.6 Å². The van der Waals surface area contributed by atoms with Gasteiger partial charge in [-0.2, -0.15) is 0 Å². The molecule has 14 heavy (non-hydrogen) atoms. The Morgan fingerprint density at radius 1 is 1.57 bits per heavy atom. The van der Waals surface area contributed by atoms with E-state index in [0.29, 0.717) is 13.2 Å². The van der Waals surface area contributed by atoms with Crippen molar-refractivity contribution in [2.75, 3.05) is 18.9 Å². The highest BCUT2D eigenvalue weighted by molar-refractivity contribution is 5.30. The lowest BCUT2D eigenvalue weighted by Gasteiger charge is -2.10. The lowest BCUT2D eigenvalue weighted by Crippen LogP contribution is -2.33. The van der Waals surface area contributed by atoms with Crippen molar-refractivity contribution < 1.29 is 4.74 Å². The van der Waals surface area contributed by atoms with Gasteiger partial charge in [0.1, 0.15) is 5.69 Å². The molecule has 2 rings (SSSR count). The molecule has 1 aliphatic heterocycles. The van der Waals surface area contributed by atoms with Crippen molar-refractivity contribution in [3.05, 3.63) is 27.0 Å². The van der Waals surface area contributed by atoms with E-state index in [0.717, 1.165) is 6.42 Å². The number of nitrogens with two attached hydrogens (primary N) is 1. The summed E-state index contributed by atoms with van der Waals surface area (Å²) in [5.41, 5.74) is 4.50. The minimum absolute atomic E-state index is 0.0124. The Labute approximate surface area is 79.3 Å². The second-order valence-corrected chi connectivity index (χ2v) is 3.27. The van der Waals surface area contributed by atoms with Crippen molar-refractivity contribution in [1.29, 1.82) is 0 Å². The topological polar surface area (TPSA) is 90.1 Å². The molecule has 1 unspecified atom stereocenters. The summed E-state index contributed by atoms with van der Waals surface area (Å²) in [5.74, 6) is 0. The normalized spacial score (nSPS) is 21.3. The van der Waals surface area contributed by atoms with Crippen LogP contribution in [0.5, 0.6) is 0 Å². The third-order valence-corrected chi connectivity index (χ3v) is 2.29. The van der Waals surface area contributed by atoms with E-state index in [1.165, 1.54) is 10.8 Å². The Kier molecular flexibility index (Phi) is 2.12. The first-order chi connectivity index (χ1) is 6.68. The maximum Gasteiger partial charge on any atom is 0.328 e. The molecule has 0 bridgehead atoms. The van der Waals surface area contributed by atoms with Crippen molar-refractivity contribution >= 4 is 5.69 Å². The molecular weight excluding hydrogens is 186 g/mol. The van der Waals surface area contributed by atoms with Gasteiger partial charge in [-0.3, -0.25) is 14.3 Å². The molecule has 0 amide bonds. The van der Waals surface area contributed by atoms with Gasteiger partial charge in [0, 0.05) is 12.8 Å². The number of aromatic nitrogens is 2. The molecule has 0 spiro atoms. The van der Waals surface area contributed by atoms with Gasteiger partial charge < -0.3 is 10.5 Å². The number of rotatable bonds is 1. The molecule has 0 aliphatic carbocycles. The summed E-state index contributed by atoms with van der Waals surface area (Å²) in [6.07, 6.45) is 2.14. The maximum atomic E-state index is 11.4. The van der Waals surface area contributed by atoms with E-state index in [-0.39, 0.29) is 11.7 Å². The summed E-state index contributed by atoms with van der Waals surface area (Å²) >= 11 is 0. The van der Waals surface area contributed by atoms with Gasteiger partial charge >= 0.3 is 5.69 Å². The highest BCUT2D eigenvalue weighted by atomic mass is 16.5. The van der Waals surface area contributed by atoms with Crippen LogP contribution in [0.3, 0.4) is 0 Å². The fourth-order valence-corrected chi connectivity index (χ4v) is 1.51. The Hall–Kier alpha value is -1.56. The molecule has 0 radical (unpaired) electrons. The number of hydrogen-bond acceptors (Lipinski definition) is 4. The van der Waals surface area contributed by atoms with Crippen LogP contribution in [-0.2, 0) is 4.74 Å². The van der Waals surface area contributed by atoms with Crippen molar-refractivity contribution in [3.8, 4) is 0 Å². The van der Waals surface area contributed by atoms with E-state index in [1.54, 1.807) is 0 Å². The lowest BCUT2D eigenvalue weighted by atomic mass is 10.2. The molecule has 6 heteroatoms. The quantitative estimate of drug-likeness (QED) is 0.609. The molecular formula is C8H11N3O3. The average Bonchev–Trinajstić information content (AvgIpc) is 2.64. The molecule has 1 aromatic rings. The molecule has 76 valence electrons. The molecule has 2 heterocycles. The molecule has 0 aromatic carbocycles. The van der Waals surface area contributed by atoms with Crippen LogP contribution in [0.25, 0.3) is 0 Å². The average molecular weight is 197 g/mol. The Balaban J connectivity index is 2.47. The Morgan fingerprint density at radius 2 is 2.36 bits per heavy atom. The summed E-state index contributed by atoms with van der Waals surface area (Å²) in [5, 5.41) is 0. The third-order valence-electron chi connectivity index (χ3n) is 2.29. The van der Waals surface area contributed by atoms with Crippen molar-refractivity contribution in [1.82, 2.24) is 9.55 Å². The number of H-pyrrole nitrogens is 1. The largest absolute Gasteiger partial charge is 0.393 e. The first-order valence-electron chi connectivity index (χ1n) is 4.37. The fraction of sp³-hybridized carbons (Fsp3) is 0.500. The van der Waals surface area contributed by atoms with E-state index in [1.807, 2.05) is 0 Å². The number of nitrogen functional groups attached to an aromatic ring is 1. The molecule has 1 saturated heterocycles.